The highest BCUT2D eigenvalue weighted by Crippen LogP contribution is 2.16. The molecule has 2 rings (SSSR count). The van der Waals surface area contributed by atoms with Crippen LogP contribution in [0.5, 0.6) is 5.75 Å². The maximum Gasteiger partial charge on any atom is 0.255 e. The first kappa shape index (κ1) is 12.0. The molecule has 6 heteroatoms. The number of ether oxygens (including phenoxy) is 1. The maximum atomic E-state index is 10.5. The summed E-state index contributed by atoms with van der Waals surface area (Å²) in [5, 5.41) is 3.16. The van der Waals surface area contributed by atoms with Gasteiger partial charge in [0.1, 0.15) is 11.5 Å². The lowest BCUT2D eigenvalue weighted by Gasteiger charge is -2.06. The lowest BCUT2D eigenvalue weighted by Crippen LogP contribution is -2.19. The molecule has 0 unspecified atom stereocenters. The monoisotopic (exact) mass is 247 g/mol. The summed E-state index contributed by atoms with van der Waals surface area (Å²) < 4.78 is 10.2. The highest BCUT2D eigenvalue weighted by Gasteiger charge is 1.99. The van der Waals surface area contributed by atoms with Crippen molar-refractivity contribution in [3.63, 3.8) is 0 Å². The normalized spacial score (nSPS) is 10.0. The van der Waals surface area contributed by atoms with Crippen molar-refractivity contribution in [2.24, 2.45) is 5.73 Å². The van der Waals surface area contributed by atoms with Crippen LogP contribution in [0.3, 0.4) is 0 Å². The van der Waals surface area contributed by atoms with Crippen molar-refractivity contribution >= 4 is 11.6 Å². The fraction of sp³-hybridized carbons (Fsp3) is 0.167. The fourth-order valence-electron chi connectivity index (χ4n) is 1.34. The van der Waals surface area contributed by atoms with Crippen molar-refractivity contribution in [3.05, 3.63) is 42.6 Å². The molecule has 0 aliphatic rings. The molecule has 0 fully saturated rings. The number of carbonyl (C=O) groups is 1. The molecular weight excluding hydrogens is 234 g/mol. The lowest BCUT2D eigenvalue weighted by molar-refractivity contribution is -0.119. The molecule has 1 amide bonds. The van der Waals surface area contributed by atoms with Gasteiger partial charge in [-0.1, -0.05) is 0 Å². The zero-order valence-electron chi connectivity index (χ0n) is 9.63. The third-order valence-corrected chi connectivity index (χ3v) is 2.19. The second-order valence-corrected chi connectivity index (χ2v) is 3.60. The third kappa shape index (κ3) is 3.51. The molecule has 2 aromatic rings. The first-order valence-electron chi connectivity index (χ1n) is 5.36. The van der Waals surface area contributed by atoms with Crippen LogP contribution in [0.1, 0.15) is 5.76 Å². The number of oxazole rings is 1. The molecule has 6 nitrogen and oxygen atoms in total. The van der Waals surface area contributed by atoms with Crippen molar-refractivity contribution in [1.29, 1.82) is 0 Å². The maximum absolute atomic E-state index is 10.5. The predicted molar refractivity (Wildman–Crippen MR) is 65.0 cm³/mol. The van der Waals surface area contributed by atoms with Gasteiger partial charge in [0, 0.05) is 5.69 Å². The quantitative estimate of drug-likeness (QED) is 0.799. The Morgan fingerprint density at radius 1 is 1.39 bits per heavy atom. The van der Waals surface area contributed by atoms with E-state index in [1.807, 2.05) is 12.1 Å². The summed E-state index contributed by atoms with van der Waals surface area (Å²) in [6.45, 7) is 0.437. The summed E-state index contributed by atoms with van der Waals surface area (Å²) in [7, 11) is 0. The Balaban J connectivity index is 1.85. The molecule has 1 heterocycles. The van der Waals surface area contributed by atoms with Gasteiger partial charge in [0.15, 0.2) is 13.0 Å². The molecule has 94 valence electrons. The topological polar surface area (TPSA) is 90.4 Å². The Morgan fingerprint density at radius 3 is 2.78 bits per heavy atom. The molecule has 0 aliphatic heterocycles. The molecule has 0 spiro atoms. The van der Waals surface area contributed by atoms with E-state index in [1.165, 1.54) is 6.39 Å². The SMILES string of the molecule is NC(=O)COc1ccc(NCc2cnco2)cc1. The van der Waals surface area contributed by atoms with Crippen LogP contribution >= 0.6 is 0 Å². The van der Waals surface area contributed by atoms with Crippen molar-refractivity contribution in [2.75, 3.05) is 11.9 Å². The first-order chi connectivity index (χ1) is 8.74. The van der Waals surface area contributed by atoms with Crippen molar-refractivity contribution in [2.45, 2.75) is 6.54 Å². The number of carbonyl (C=O) groups excluding carboxylic acids is 1. The average Bonchev–Trinajstić information content (AvgIpc) is 2.88. The van der Waals surface area contributed by atoms with E-state index in [9.17, 15) is 4.79 Å². The molecule has 0 radical (unpaired) electrons. The molecule has 0 atom stereocenters. The number of anilines is 1. The van der Waals surface area contributed by atoms with Gasteiger partial charge in [0.25, 0.3) is 5.91 Å². The van der Waals surface area contributed by atoms with Crippen LogP contribution in [0.15, 0.2) is 41.3 Å². The van der Waals surface area contributed by atoms with Gasteiger partial charge in [-0.2, -0.15) is 0 Å². The van der Waals surface area contributed by atoms with Crippen LogP contribution in [0, 0.1) is 0 Å². The van der Waals surface area contributed by atoms with E-state index in [2.05, 4.69) is 10.3 Å². The summed E-state index contributed by atoms with van der Waals surface area (Å²) in [5.41, 5.74) is 5.89. The van der Waals surface area contributed by atoms with Crippen LogP contribution in [0.2, 0.25) is 0 Å². The number of primary amides is 1. The summed E-state index contributed by atoms with van der Waals surface area (Å²) >= 11 is 0. The predicted octanol–water partition coefficient (Wildman–Crippen LogP) is 1.15. The Morgan fingerprint density at radius 2 is 2.17 bits per heavy atom. The molecule has 1 aromatic heterocycles. The first-order valence-corrected chi connectivity index (χ1v) is 5.36. The minimum Gasteiger partial charge on any atom is -0.484 e. The molecule has 1 aromatic carbocycles. The number of nitrogens with two attached hydrogens (primary N) is 1. The third-order valence-electron chi connectivity index (χ3n) is 2.19. The molecule has 18 heavy (non-hydrogen) atoms. The number of benzene rings is 1. The lowest BCUT2D eigenvalue weighted by atomic mass is 10.3. The molecular formula is C12H13N3O3. The highest BCUT2D eigenvalue weighted by atomic mass is 16.5. The van der Waals surface area contributed by atoms with Gasteiger partial charge in [0.2, 0.25) is 0 Å². The number of nitrogens with zero attached hydrogens (tertiary/aromatic N) is 1. The van der Waals surface area contributed by atoms with Crippen LogP contribution in [0.4, 0.5) is 5.69 Å². The second kappa shape index (κ2) is 5.72. The van der Waals surface area contributed by atoms with E-state index in [4.69, 9.17) is 14.9 Å². The van der Waals surface area contributed by atoms with Crippen molar-refractivity contribution in [3.8, 4) is 5.75 Å². The van der Waals surface area contributed by atoms with E-state index in [0.717, 1.165) is 11.4 Å². The van der Waals surface area contributed by atoms with Crippen molar-refractivity contribution < 1.29 is 13.9 Å². The standard InChI is InChI=1S/C12H13N3O3/c13-12(16)7-17-10-3-1-9(2-4-10)15-6-11-5-14-8-18-11/h1-5,8,15H,6-7H2,(H2,13,16). The highest BCUT2D eigenvalue weighted by molar-refractivity contribution is 5.75. The Hall–Kier alpha value is -2.50. The zero-order valence-corrected chi connectivity index (χ0v) is 9.63. The molecule has 3 N–H and O–H groups in total. The van der Waals surface area contributed by atoms with Crippen molar-refractivity contribution in [1.82, 2.24) is 4.98 Å². The van der Waals surface area contributed by atoms with Crippen LogP contribution in [0.25, 0.3) is 0 Å². The Labute approximate surface area is 104 Å². The summed E-state index contributed by atoms with van der Waals surface area (Å²) in [6.07, 6.45) is 3.04. The van der Waals surface area contributed by atoms with Crippen LogP contribution in [-0.2, 0) is 11.3 Å². The van der Waals surface area contributed by atoms with Crippen LogP contribution < -0.4 is 15.8 Å². The fourth-order valence-corrected chi connectivity index (χ4v) is 1.34. The van der Waals surface area contributed by atoms with Gasteiger partial charge in [-0.15, -0.1) is 0 Å². The number of aromatic nitrogens is 1. The van der Waals surface area contributed by atoms with E-state index in [-0.39, 0.29) is 6.61 Å². The van der Waals surface area contributed by atoms with Gasteiger partial charge < -0.3 is 20.2 Å². The number of rotatable bonds is 6. The minimum absolute atomic E-state index is 0.120. The van der Waals surface area contributed by atoms with E-state index < -0.39 is 5.91 Å². The van der Waals surface area contributed by atoms with Gasteiger partial charge in [-0.25, -0.2) is 4.98 Å². The number of nitrogens with one attached hydrogen (secondary N) is 1. The summed E-state index contributed by atoms with van der Waals surface area (Å²) in [5.74, 6) is 0.852. The number of amides is 1. The second-order valence-electron chi connectivity index (χ2n) is 3.60. The molecule has 0 bridgehead atoms. The zero-order chi connectivity index (χ0) is 12.8. The summed E-state index contributed by atoms with van der Waals surface area (Å²) in [6, 6.07) is 7.19. The summed E-state index contributed by atoms with van der Waals surface area (Å²) in [4.78, 5) is 14.4. The van der Waals surface area contributed by atoms with E-state index in [0.29, 0.717) is 12.3 Å². The Kier molecular flexibility index (Phi) is 3.80. The number of hydrogen-bond acceptors (Lipinski definition) is 5. The van der Waals surface area contributed by atoms with Crippen LogP contribution in [-0.4, -0.2) is 17.5 Å². The van der Waals surface area contributed by atoms with Gasteiger partial charge >= 0.3 is 0 Å². The smallest absolute Gasteiger partial charge is 0.255 e. The largest absolute Gasteiger partial charge is 0.484 e. The van der Waals surface area contributed by atoms with E-state index in [1.54, 1.807) is 18.3 Å². The van der Waals surface area contributed by atoms with Gasteiger partial charge in [0.05, 0.1) is 12.7 Å². The average molecular weight is 247 g/mol. The van der Waals surface area contributed by atoms with Gasteiger partial charge in [-0.05, 0) is 24.3 Å². The molecule has 0 saturated heterocycles. The number of hydrogen-bond donors (Lipinski definition) is 2. The minimum atomic E-state index is -0.498. The molecule has 0 saturated carbocycles. The van der Waals surface area contributed by atoms with E-state index >= 15 is 0 Å². The van der Waals surface area contributed by atoms with Gasteiger partial charge in [-0.3, -0.25) is 4.79 Å². The Bertz CT molecular complexity index is 494. The molecule has 0 aliphatic carbocycles.